The predicted molar refractivity (Wildman–Crippen MR) is 68.2 cm³/mol. The number of rotatable bonds is 2. The molecule has 0 aliphatic carbocycles. The third kappa shape index (κ3) is 4.85. The minimum atomic E-state index is -0.497. The minimum absolute atomic E-state index is 0.00169. The molecule has 0 aromatic heterocycles. The lowest BCUT2D eigenvalue weighted by Crippen LogP contribution is -2.41. The van der Waals surface area contributed by atoms with Crippen LogP contribution < -0.4 is 5.32 Å². The van der Waals surface area contributed by atoms with E-state index < -0.39 is 11.7 Å². The lowest BCUT2D eigenvalue weighted by Gasteiger charge is -2.22. The second kappa shape index (κ2) is 5.62. The van der Waals surface area contributed by atoms with Crippen LogP contribution in [0.5, 0.6) is 0 Å². The molecular formula is C11H20N2O3S. The molecule has 0 aromatic carbocycles. The van der Waals surface area contributed by atoms with E-state index in [0.717, 1.165) is 6.42 Å². The number of carbonyl (C=O) groups is 2. The van der Waals surface area contributed by atoms with Gasteiger partial charge in [0.05, 0.1) is 11.8 Å². The number of nitrogens with zero attached hydrogens (tertiary/aromatic N) is 1. The third-order valence-electron chi connectivity index (χ3n) is 2.40. The van der Waals surface area contributed by atoms with Gasteiger partial charge in [-0.25, -0.2) is 4.79 Å². The van der Waals surface area contributed by atoms with E-state index in [-0.39, 0.29) is 17.7 Å². The molecule has 1 saturated heterocycles. The van der Waals surface area contributed by atoms with E-state index in [1.54, 1.807) is 4.90 Å². The number of carbonyl (C=O) groups excluding carboxylic acids is 2. The Hall–Kier alpha value is -0.910. The number of alkyl carbamates (subject to hydrolysis) is 1. The first kappa shape index (κ1) is 14.2. The second-order valence-electron chi connectivity index (χ2n) is 5.13. The van der Waals surface area contributed by atoms with Crippen LogP contribution in [0, 0.1) is 0 Å². The van der Waals surface area contributed by atoms with Crippen LogP contribution in [0.2, 0.25) is 0 Å². The van der Waals surface area contributed by atoms with E-state index >= 15 is 0 Å². The zero-order valence-electron chi connectivity index (χ0n) is 10.5. The highest BCUT2D eigenvalue weighted by molar-refractivity contribution is 7.81. The van der Waals surface area contributed by atoms with Crippen molar-refractivity contribution in [2.45, 2.75) is 38.8 Å². The van der Waals surface area contributed by atoms with Crippen LogP contribution in [0.15, 0.2) is 0 Å². The van der Waals surface area contributed by atoms with Gasteiger partial charge in [-0.15, -0.1) is 0 Å². The van der Waals surface area contributed by atoms with Crippen LogP contribution in [0.25, 0.3) is 0 Å². The predicted octanol–water partition coefficient (Wildman–Crippen LogP) is 1.04. The molecule has 2 amide bonds. The molecule has 1 N–H and O–H groups in total. The van der Waals surface area contributed by atoms with Gasteiger partial charge in [0.2, 0.25) is 5.91 Å². The van der Waals surface area contributed by atoms with Gasteiger partial charge in [-0.1, -0.05) is 0 Å². The van der Waals surface area contributed by atoms with Gasteiger partial charge in [0, 0.05) is 13.1 Å². The Bertz CT molecular complexity index is 302. The summed E-state index contributed by atoms with van der Waals surface area (Å²) in [5, 5.41) is 2.76. The summed E-state index contributed by atoms with van der Waals surface area (Å²) in [6.07, 6.45) is 0.335. The van der Waals surface area contributed by atoms with E-state index in [2.05, 4.69) is 17.9 Å². The molecule has 1 unspecified atom stereocenters. The number of ether oxygens (including phenoxy) is 1. The summed E-state index contributed by atoms with van der Waals surface area (Å²) in [5.41, 5.74) is -0.497. The SMILES string of the molecule is CC(C)(C)OC(=O)NC1CCN(C(=O)CS)C1. The topological polar surface area (TPSA) is 58.6 Å². The van der Waals surface area contributed by atoms with Crippen molar-refractivity contribution in [1.82, 2.24) is 10.2 Å². The molecule has 1 fully saturated rings. The van der Waals surface area contributed by atoms with Gasteiger partial charge in [-0.05, 0) is 27.2 Å². The van der Waals surface area contributed by atoms with Crippen LogP contribution in [0.4, 0.5) is 4.79 Å². The molecular weight excluding hydrogens is 240 g/mol. The minimum Gasteiger partial charge on any atom is -0.444 e. The van der Waals surface area contributed by atoms with E-state index in [0.29, 0.717) is 13.1 Å². The highest BCUT2D eigenvalue weighted by Crippen LogP contribution is 2.12. The Kier molecular flexibility index (Phi) is 4.68. The van der Waals surface area contributed by atoms with Crippen molar-refractivity contribution in [3.8, 4) is 0 Å². The highest BCUT2D eigenvalue weighted by Gasteiger charge is 2.28. The summed E-state index contributed by atoms with van der Waals surface area (Å²) in [5.74, 6) is 0.209. The standard InChI is InChI=1S/C11H20N2O3S/c1-11(2,3)16-10(15)12-8-4-5-13(6-8)9(14)7-17/h8,17H,4-7H2,1-3H3,(H,12,15). The van der Waals surface area contributed by atoms with E-state index in [4.69, 9.17) is 4.74 Å². The Morgan fingerprint density at radius 3 is 2.65 bits per heavy atom. The molecule has 1 aliphatic heterocycles. The van der Waals surface area contributed by atoms with Gasteiger partial charge >= 0.3 is 6.09 Å². The van der Waals surface area contributed by atoms with Crippen LogP contribution in [-0.4, -0.2) is 47.4 Å². The number of amides is 2. The maximum Gasteiger partial charge on any atom is 0.407 e. The number of likely N-dealkylation sites (tertiary alicyclic amines) is 1. The summed E-state index contributed by atoms with van der Waals surface area (Å²) >= 11 is 3.94. The maximum absolute atomic E-state index is 11.5. The van der Waals surface area contributed by atoms with Crippen LogP contribution in [0.1, 0.15) is 27.2 Å². The van der Waals surface area contributed by atoms with Gasteiger partial charge in [-0.3, -0.25) is 4.79 Å². The monoisotopic (exact) mass is 260 g/mol. The second-order valence-corrected chi connectivity index (χ2v) is 5.45. The summed E-state index contributed by atoms with van der Waals surface area (Å²) in [4.78, 5) is 24.6. The van der Waals surface area contributed by atoms with E-state index in [1.165, 1.54) is 0 Å². The van der Waals surface area contributed by atoms with Crippen LogP contribution >= 0.6 is 12.6 Å². The molecule has 1 heterocycles. The maximum atomic E-state index is 11.5. The van der Waals surface area contributed by atoms with E-state index in [1.807, 2.05) is 20.8 Å². The molecule has 0 radical (unpaired) electrons. The fourth-order valence-corrected chi connectivity index (χ4v) is 1.88. The van der Waals surface area contributed by atoms with Crippen LogP contribution in [0.3, 0.4) is 0 Å². The number of nitrogens with one attached hydrogen (secondary N) is 1. The largest absolute Gasteiger partial charge is 0.444 e. The smallest absolute Gasteiger partial charge is 0.407 e. The average Bonchev–Trinajstić information content (AvgIpc) is 2.62. The van der Waals surface area contributed by atoms with Crippen molar-refractivity contribution in [3.05, 3.63) is 0 Å². The first-order chi connectivity index (χ1) is 7.81. The highest BCUT2D eigenvalue weighted by atomic mass is 32.1. The lowest BCUT2D eigenvalue weighted by atomic mass is 10.2. The molecule has 1 aliphatic rings. The normalized spacial score (nSPS) is 20.2. The molecule has 17 heavy (non-hydrogen) atoms. The Morgan fingerprint density at radius 1 is 1.47 bits per heavy atom. The fraction of sp³-hybridized carbons (Fsp3) is 0.818. The molecule has 1 atom stereocenters. The van der Waals surface area contributed by atoms with Crippen molar-refractivity contribution in [3.63, 3.8) is 0 Å². The molecule has 1 rings (SSSR count). The van der Waals surface area contributed by atoms with Gasteiger partial charge in [0.1, 0.15) is 5.60 Å². The molecule has 0 bridgehead atoms. The van der Waals surface area contributed by atoms with Crippen molar-refractivity contribution < 1.29 is 14.3 Å². The van der Waals surface area contributed by atoms with E-state index in [9.17, 15) is 9.59 Å². The Labute approximate surface area is 107 Å². The molecule has 6 heteroatoms. The van der Waals surface area contributed by atoms with Gasteiger partial charge in [0.15, 0.2) is 0 Å². The zero-order valence-corrected chi connectivity index (χ0v) is 11.4. The van der Waals surface area contributed by atoms with Gasteiger partial charge in [0.25, 0.3) is 0 Å². The van der Waals surface area contributed by atoms with Crippen molar-refractivity contribution in [2.75, 3.05) is 18.8 Å². The number of hydrogen-bond donors (Lipinski definition) is 2. The van der Waals surface area contributed by atoms with Gasteiger partial charge < -0.3 is 15.0 Å². The first-order valence-corrected chi connectivity index (χ1v) is 6.33. The third-order valence-corrected chi connectivity index (χ3v) is 2.67. The fourth-order valence-electron chi connectivity index (χ4n) is 1.68. The summed E-state index contributed by atoms with van der Waals surface area (Å²) in [6.45, 7) is 6.66. The Morgan fingerprint density at radius 2 is 2.12 bits per heavy atom. The number of thiol groups is 1. The molecule has 0 spiro atoms. The first-order valence-electron chi connectivity index (χ1n) is 5.70. The number of hydrogen-bond acceptors (Lipinski definition) is 4. The lowest BCUT2D eigenvalue weighted by molar-refractivity contribution is -0.127. The van der Waals surface area contributed by atoms with Crippen molar-refractivity contribution in [2.24, 2.45) is 0 Å². The van der Waals surface area contributed by atoms with Gasteiger partial charge in [-0.2, -0.15) is 12.6 Å². The molecule has 98 valence electrons. The quantitative estimate of drug-likeness (QED) is 0.729. The van der Waals surface area contributed by atoms with Crippen molar-refractivity contribution in [1.29, 1.82) is 0 Å². The van der Waals surface area contributed by atoms with Crippen LogP contribution in [-0.2, 0) is 9.53 Å². The molecule has 0 saturated carbocycles. The van der Waals surface area contributed by atoms with Crippen molar-refractivity contribution >= 4 is 24.6 Å². The summed E-state index contributed by atoms with van der Waals surface area (Å²) in [6, 6.07) is -0.0197. The molecule has 5 nitrogen and oxygen atoms in total. The summed E-state index contributed by atoms with van der Waals surface area (Å²) in [7, 11) is 0. The Balaban J connectivity index is 2.35. The summed E-state index contributed by atoms with van der Waals surface area (Å²) < 4.78 is 5.15. The molecule has 0 aromatic rings. The average molecular weight is 260 g/mol. The zero-order chi connectivity index (χ0) is 13.1.